The number of thioether (sulfide) groups is 1. The van der Waals surface area contributed by atoms with Gasteiger partial charge in [-0.15, -0.1) is 23.1 Å². The molecular weight excluding hydrogens is 226 g/mol. The first kappa shape index (κ1) is 10.5. The summed E-state index contributed by atoms with van der Waals surface area (Å²) in [6, 6.07) is 5.69. The Kier molecular flexibility index (Phi) is 2.98. The van der Waals surface area contributed by atoms with E-state index in [1.54, 1.807) is 11.8 Å². The minimum Gasteiger partial charge on any atom is -0.347 e. The highest BCUT2D eigenvalue weighted by Gasteiger charge is 2.12. The van der Waals surface area contributed by atoms with Crippen LogP contribution in [0, 0.1) is 6.92 Å². The van der Waals surface area contributed by atoms with E-state index in [2.05, 4.69) is 4.98 Å². The molecular formula is C11H11NOS2. The highest BCUT2D eigenvalue weighted by Crippen LogP contribution is 2.20. The van der Waals surface area contributed by atoms with E-state index in [-0.39, 0.29) is 5.78 Å². The van der Waals surface area contributed by atoms with E-state index >= 15 is 0 Å². The van der Waals surface area contributed by atoms with Crippen molar-refractivity contribution in [1.82, 2.24) is 4.98 Å². The Morgan fingerprint density at radius 2 is 2.27 bits per heavy atom. The van der Waals surface area contributed by atoms with E-state index in [1.807, 2.05) is 36.8 Å². The van der Waals surface area contributed by atoms with Gasteiger partial charge in [-0.05, 0) is 42.3 Å². The lowest BCUT2D eigenvalue weighted by molar-refractivity contribution is 0.103. The normalized spacial score (nSPS) is 10.5. The highest BCUT2D eigenvalue weighted by molar-refractivity contribution is 7.98. The third-order valence-corrected chi connectivity index (χ3v) is 3.80. The fourth-order valence-corrected chi connectivity index (χ4v) is 2.58. The Labute approximate surface area is 96.7 Å². The van der Waals surface area contributed by atoms with Crippen molar-refractivity contribution in [2.24, 2.45) is 0 Å². The van der Waals surface area contributed by atoms with E-state index in [0.717, 1.165) is 15.5 Å². The van der Waals surface area contributed by atoms with Crippen molar-refractivity contribution in [2.75, 3.05) is 6.26 Å². The molecule has 0 unspecified atom stereocenters. The topological polar surface area (TPSA) is 32.9 Å². The Bertz CT molecular complexity index is 484. The van der Waals surface area contributed by atoms with Crippen molar-refractivity contribution in [2.45, 2.75) is 11.9 Å². The third-order valence-electron chi connectivity index (χ3n) is 2.08. The average molecular weight is 237 g/mol. The molecule has 0 radical (unpaired) electrons. The van der Waals surface area contributed by atoms with E-state index in [4.69, 9.17) is 0 Å². The molecule has 0 atom stereocenters. The van der Waals surface area contributed by atoms with Crippen molar-refractivity contribution >= 4 is 28.9 Å². The average Bonchev–Trinajstić information content (AvgIpc) is 2.84. The number of rotatable bonds is 3. The molecule has 0 bridgehead atoms. The van der Waals surface area contributed by atoms with Crippen molar-refractivity contribution in [1.29, 1.82) is 0 Å². The quantitative estimate of drug-likeness (QED) is 0.656. The smallest absolute Gasteiger partial charge is 0.219 e. The zero-order valence-electron chi connectivity index (χ0n) is 8.53. The van der Waals surface area contributed by atoms with Crippen molar-refractivity contribution in [3.63, 3.8) is 0 Å². The molecule has 2 rings (SSSR count). The van der Waals surface area contributed by atoms with E-state index in [0.29, 0.717) is 5.69 Å². The molecule has 15 heavy (non-hydrogen) atoms. The number of aromatic nitrogens is 1. The van der Waals surface area contributed by atoms with Gasteiger partial charge in [-0.1, -0.05) is 0 Å². The summed E-state index contributed by atoms with van der Waals surface area (Å²) in [5.41, 5.74) is 1.81. The number of carbonyl (C=O) groups is 1. The molecule has 2 nitrogen and oxygen atoms in total. The van der Waals surface area contributed by atoms with Gasteiger partial charge in [-0.2, -0.15) is 0 Å². The Morgan fingerprint density at radius 1 is 1.47 bits per heavy atom. The zero-order valence-corrected chi connectivity index (χ0v) is 10.2. The molecule has 0 aromatic carbocycles. The van der Waals surface area contributed by atoms with Crippen LogP contribution in [-0.2, 0) is 0 Å². The summed E-state index contributed by atoms with van der Waals surface area (Å²) in [7, 11) is 0. The first-order chi connectivity index (χ1) is 7.20. The second kappa shape index (κ2) is 4.24. The van der Waals surface area contributed by atoms with Crippen LogP contribution >= 0.6 is 23.1 Å². The van der Waals surface area contributed by atoms with E-state index < -0.39 is 0 Å². The molecule has 2 heterocycles. The number of aromatic amines is 1. The molecule has 2 aromatic rings. The largest absolute Gasteiger partial charge is 0.347 e. The van der Waals surface area contributed by atoms with Crippen molar-refractivity contribution in [3.8, 4) is 0 Å². The van der Waals surface area contributed by atoms with E-state index in [1.165, 1.54) is 11.3 Å². The second-order valence-corrected chi connectivity index (χ2v) is 5.02. The molecule has 0 aliphatic heterocycles. The monoisotopic (exact) mass is 237 g/mol. The van der Waals surface area contributed by atoms with Gasteiger partial charge in [-0.3, -0.25) is 4.79 Å². The minimum atomic E-state index is 0.0772. The van der Waals surface area contributed by atoms with Crippen LogP contribution < -0.4 is 0 Å². The van der Waals surface area contributed by atoms with Gasteiger partial charge < -0.3 is 4.98 Å². The molecule has 0 spiro atoms. The van der Waals surface area contributed by atoms with Crippen LogP contribution in [0.15, 0.2) is 28.6 Å². The van der Waals surface area contributed by atoms with Gasteiger partial charge in [0.25, 0.3) is 0 Å². The van der Waals surface area contributed by atoms with Gasteiger partial charge >= 0.3 is 0 Å². The van der Waals surface area contributed by atoms with Gasteiger partial charge in [0.05, 0.1) is 15.6 Å². The number of ketones is 1. The lowest BCUT2D eigenvalue weighted by Gasteiger charge is -1.93. The van der Waals surface area contributed by atoms with Crippen LogP contribution in [0.1, 0.15) is 20.9 Å². The summed E-state index contributed by atoms with van der Waals surface area (Å²) in [5, 5.41) is 3.01. The fraction of sp³-hybridized carbons (Fsp3) is 0.182. The second-order valence-electron chi connectivity index (χ2n) is 3.26. The maximum Gasteiger partial charge on any atom is 0.219 e. The van der Waals surface area contributed by atoms with Crippen LogP contribution in [0.5, 0.6) is 0 Å². The summed E-state index contributed by atoms with van der Waals surface area (Å²) in [6.45, 7) is 2.00. The van der Waals surface area contributed by atoms with Crippen LogP contribution in [-0.4, -0.2) is 17.0 Å². The first-order valence-electron chi connectivity index (χ1n) is 4.53. The number of nitrogens with one attached hydrogen (secondary N) is 1. The summed E-state index contributed by atoms with van der Waals surface area (Å²) >= 11 is 3.10. The third kappa shape index (κ3) is 2.16. The van der Waals surface area contributed by atoms with Gasteiger partial charge in [-0.25, -0.2) is 0 Å². The highest BCUT2D eigenvalue weighted by atomic mass is 32.2. The molecule has 0 aliphatic carbocycles. The number of H-pyrrole nitrogens is 1. The number of hydrogen-bond donors (Lipinski definition) is 1. The summed E-state index contributed by atoms with van der Waals surface area (Å²) in [4.78, 5) is 15.8. The Hall–Kier alpha value is -1.00. The molecule has 0 aliphatic rings. The fourth-order valence-electron chi connectivity index (χ4n) is 1.31. The van der Waals surface area contributed by atoms with Crippen LogP contribution in [0.4, 0.5) is 0 Å². The standard InChI is InChI=1S/C11H11NOS2/c1-7-5-9(15-6-7)11(13)8-3-4-10(12-8)14-2/h3-6,12H,1-2H3. The summed E-state index contributed by atoms with van der Waals surface area (Å²) in [6.07, 6.45) is 1.98. The lowest BCUT2D eigenvalue weighted by atomic mass is 10.2. The molecule has 0 amide bonds. The number of thiophene rings is 1. The first-order valence-corrected chi connectivity index (χ1v) is 6.64. The predicted molar refractivity (Wildman–Crippen MR) is 65.1 cm³/mol. The van der Waals surface area contributed by atoms with Gasteiger partial charge in [0.2, 0.25) is 5.78 Å². The molecule has 0 fully saturated rings. The SMILES string of the molecule is CSc1ccc(C(=O)c2cc(C)cs2)[nH]1. The Morgan fingerprint density at radius 3 is 2.80 bits per heavy atom. The maximum absolute atomic E-state index is 12.0. The van der Waals surface area contributed by atoms with Crippen LogP contribution in [0.2, 0.25) is 0 Å². The van der Waals surface area contributed by atoms with Crippen LogP contribution in [0.25, 0.3) is 0 Å². The zero-order chi connectivity index (χ0) is 10.8. The number of hydrogen-bond acceptors (Lipinski definition) is 3. The van der Waals surface area contributed by atoms with Gasteiger partial charge in [0, 0.05) is 0 Å². The minimum absolute atomic E-state index is 0.0772. The van der Waals surface area contributed by atoms with Crippen molar-refractivity contribution in [3.05, 3.63) is 39.7 Å². The summed E-state index contributed by atoms with van der Waals surface area (Å²) < 4.78 is 0. The van der Waals surface area contributed by atoms with Crippen LogP contribution in [0.3, 0.4) is 0 Å². The predicted octanol–water partition coefficient (Wildman–Crippen LogP) is 3.34. The number of carbonyl (C=O) groups excluding carboxylic acids is 1. The molecule has 2 aromatic heterocycles. The van der Waals surface area contributed by atoms with Gasteiger partial charge in [0.1, 0.15) is 0 Å². The molecule has 0 saturated heterocycles. The van der Waals surface area contributed by atoms with E-state index in [9.17, 15) is 4.79 Å². The molecule has 1 N–H and O–H groups in total. The number of aryl methyl sites for hydroxylation is 1. The van der Waals surface area contributed by atoms with Crippen molar-refractivity contribution < 1.29 is 4.79 Å². The molecule has 0 saturated carbocycles. The maximum atomic E-state index is 12.0. The molecule has 4 heteroatoms. The van der Waals surface area contributed by atoms with Gasteiger partial charge in [0.15, 0.2) is 0 Å². The summed E-state index contributed by atoms with van der Waals surface area (Å²) in [5.74, 6) is 0.0772. The Balaban J connectivity index is 2.28. The molecule has 78 valence electrons. The lowest BCUT2D eigenvalue weighted by Crippen LogP contribution is -1.98.